The third-order valence-electron chi connectivity index (χ3n) is 3.43. The van der Waals surface area contributed by atoms with Crippen molar-refractivity contribution < 1.29 is 4.74 Å². The van der Waals surface area contributed by atoms with Crippen LogP contribution in [0.5, 0.6) is 5.88 Å². The first-order chi connectivity index (χ1) is 10.0. The van der Waals surface area contributed by atoms with Gasteiger partial charge in [0.1, 0.15) is 12.1 Å². The minimum atomic E-state index is 0.306. The van der Waals surface area contributed by atoms with E-state index >= 15 is 0 Å². The average molecular weight is 286 g/mol. The third-order valence-corrected chi connectivity index (χ3v) is 3.43. The van der Waals surface area contributed by atoms with Crippen LogP contribution in [0.4, 0.5) is 11.5 Å². The van der Waals surface area contributed by atoms with Crippen LogP contribution >= 0.6 is 0 Å². The van der Waals surface area contributed by atoms with Crippen LogP contribution in [0.1, 0.15) is 25.0 Å². The number of rotatable bonds is 5. The van der Waals surface area contributed by atoms with Crippen LogP contribution in [0.2, 0.25) is 0 Å². The van der Waals surface area contributed by atoms with E-state index in [9.17, 15) is 0 Å². The van der Waals surface area contributed by atoms with E-state index in [1.54, 1.807) is 13.4 Å². The number of nitrogens with two attached hydrogens (primary N) is 1. The molecule has 2 rings (SSSR count). The Hall–Kier alpha value is -2.30. The van der Waals surface area contributed by atoms with Crippen molar-refractivity contribution in [3.63, 3.8) is 0 Å². The summed E-state index contributed by atoms with van der Waals surface area (Å²) >= 11 is 0. The number of nitrogen functional groups attached to an aromatic ring is 1. The second-order valence-electron chi connectivity index (χ2n) is 5.29. The van der Waals surface area contributed by atoms with Gasteiger partial charge in [0, 0.05) is 18.3 Å². The Morgan fingerprint density at radius 1 is 1.19 bits per heavy atom. The smallest absolute Gasteiger partial charge is 0.221 e. The first-order valence-corrected chi connectivity index (χ1v) is 6.99. The number of hydrogen-bond acceptors (Lipinski definition) is 5. The molecule has 0 fully saturated rings. The topological polar surface area (TPSA) is 64.3 Å². The largest absolute Gasteiger partial charge is 0.481 e. The molecule has 2 N–H and O–H groups in total. The first kappa shape index (κ1) is 15.1. The molecular formula is C16H22N4O. The van der Waals surface area contributed by atoms with Gasteiger partial charge in [0.15, 0.2) is 0 Å². The molecule has 0 atom stereocenters. The molecule has 0 bridgehead atoms. The number of hydrogen-bond donors (Lipinski definition) is 1. The lowest BCUT2D eigenvalue weighted by Crippen LogP contribution is -2.31. The van der Waals surface area contributed by atoms with Gasteiger partial charge in [-0.25, -0.2) is 9.97 Å². The molecule has 0 radical (unpaired) electrons. The normalized spacial score (nSPS) is 10.7. The summed E-state index contributed by atoms with van der Waals surface area (Å²) in [6, 6.07) is 8.22. The summed E-state index contributed by atoms with van der Waals surface area (Å²) in [5.74, 6) is 1.51. The Morgan fingerprint density at radius 2 is 1.86 bits per heavy atom. The molecule has 0 aliphatic carbocycles. The van der Waals surface area contributed by atoms with Crippen LogP contribution in [0, 0.1) is 6.92 Å². The van der Waals surface area contributed by atoms with Crippen molar-refractivity contribution in [3.05, 3.63) is 41.7 Å². The van der Waals surface area contributed by atoms with Gasteiger partial charge in [-0.1, -0.05) is 12.1 Å². The summed E-state index contributed by atoms with van der Waals surface area (Å²) in [5.41, 5.74) is 8.65. The van der Waals surface area contributed by atoms with E-state index in [0.717, 1.165) is 23.6 Å². The highest BCUT2D eigenvalue weighted by Gasteiger charge is 2.17. The number of ether oxygens (including phenoxy) is 1. The molecule has 0 aliphatic heterocycles. The van der Waals surface area contributed by atoms with Crippen molar-refractivity contribution >= 4 is 11.5 Å². The standard InChI is InChI=1S/C16H22N4O/c1-11(2)20(9-13-5-7-14(17)8-6-13)15-12(3)16(21-4)19-10-18-15/h5-8,10-11H,9,17H2,1-4H3. The summed E-state index contributed by atoms with van der Waals surface area (Å²) < 4.78 is 5.29. The minimum absolute atomic E-state index is 0.306. The highest BCUT2D eigenvalue weighted by atomic mass is 16.5. The fourth-order valence-corrected chi connectivity index (χ4v) is 2.24. The van der Waals surface area contributed by atoms with E-state index in [2.05, 4.69) is 28.7 Å². The molecule has 0 saturated heterocycles. The Labute approximate surface area is 125 Å². The van der Waals surface area contributed by atoms with Crippen molar-refractivity contribution in [2.45, 2.75) is 33.4 Å². The number of nitrogens with zero attached hydrogens (tertiary/aromatic N) is 3. The molecule has 1 heterocycles. The van der Waals surface area contributed by atoms with Gasteiger partial charge in [-0.3, -0.25) is 0 Å². The van der Waals surface area contributed by atoms with E-state index in [1.165, 1.54) is 5.56 Å². The number of methoxy groups -OCH3 is 1. The average Bonchev–Trinajstić information content (AvgIpc) is 2.47. The van der Waals surface area contributed by atoms with Crippen molar-refractivity contribution in [2.24, 2.45) is 0 Å². The second kappa shape index (κ2) is 6.43. The Bertz CT molecular complexity index is 596. The zero-order chi connectivity index (χ0) is 15.4. The summed E-state index contributed by atoms with van der Waals surface area (Å²) in [4.78, 5) is 10.8. The lowest BCUT2D eigenvalue weighted by atomic mass is 10.1. The fraction of sp³-hybridized carbons (Fsp3) is 0.375. The van der Waals surface area contributed by atoms with Crippen molar-refractivity contribution in [3.8, 4) is 5.88 Å². The quantitative estimate of drug-likeness (QED) is 0.856. The summed E-state index contributed by atoms with van der Waals surface area (Å²) in [6.07, 6.45) is 1.54. The Morgan fingerprint density at radius 3 is 2.43 bits per heavy atom. The van der Waals surface area contributed by atoms with Crippen LogP contribution in [0.3, 0.4) is 0 Å². The van der Waals surface area contributed by atoms with Crippen LogP contribution in [0.15, 0.2) is 30.6 Å². The maximum absolute atomic E-state index is 5.74. The predicted molar refractivity (Wildman–Crippen MR) is 85.5 cm³/mol. The van der Waals surface area contributed by atoms with Crippen LogP contribution in [-0.4, -0.2) is 23.1 Å². The molecular weight excluding hydrogens is 264 g/mol. The molecule has 2 aromatic rings. The van der Waals surface area contributed by atoms with Gasteiger partial charge in [-0.05, 0) is 38.5 Å². The van der Waals surface area contributed by atoms with E-state index in [-0.39, 0.29) is 0 Å². The van der Waals surface area contributed by atoms with Crippen molar-refractivity contribution in [2.75, 3.05) is 17.7 Å². The van der Waals surface area contributed by atoms with Gasteiger partial charge >= 0.3 is 0 Å². The number of benzene rings is 1. The molecule has 21 heavy (non-hydrogen) atoms. The van der Waals surface area contributed by atoms with Crippen molar-refractivity contribution in [1.29, 1.82) is 0 Å². The summed E-state index contributed by atoms with van der Waals surface area (Å²) in [5, 5.41) is 0. The van der Waals surface area contributed by atoms with Gasteiger partial charge in [0.2, 0.25) is 5.88 Å². The molecule has 0 spiro atoms. The SMILES string of the molecule is COc1ncnc(N(Cc2ccc(N)cc2)C(C)C)c1C. The lowest BCUT2D eigenvalue weighted by molar-refractivity contribution is 0.393. The zero-order valence-electron chi connectivity index (χ0n) is 13.0. The third kappa shape index (κ3) is 3.42. The summed E-state index contributed by atoms with van der Waals surface area (Å²) in [7, 11) is 1.62. The molecule has 0 amide bonds. The van der Waals surface area contributed by atoms with Gasteiger partial charge in [0.05, 0.1) is 12.7 Å². The maximum Gasteiger partial charge on any atom is 0.221 e. The van der Waals surface area contributed by atoms with E-state index in [0.29, 0.717) is 11.9 Å². The Kier molecular flexibility index (Phi) is 4.62. The Balaban J connectivity index is 2.33. The predicted octanol–water partition coefficient (Wildman–Crippen LogP) is 2.79. The molecule has 1 aromatic heterocycles. The van der Waals surface area contributed by atoms with Crippen LogP contribution in [-0.2, 0) is 6.54 Å². The lowest BCUT2D eigenvalue weighted by Gasteiger charge is -2.29. The van der Waals surface area contributed by atoms with Gasteiger partial charge in [0.25, 0.3) is 0 Å². The first-order valence-electron chi connectivity index (χ1n) is 6.99. The summed E-state index contributed by atoms with van der Waals surface area (Å²) in [6.45, 7) is 7.03. The van der Waals surface area contributed by atoms with E-state index in [1.807, 2.05) is 31.2 Å². The highest BCUT2D eigenvalue weighted by molar-refractivity contribution is 5.51. The van der Waals surface area contributed by atoms with E-state index < -0.39 is 0 Å². The molecule has 0 saturated carbocycles. The maximum atomic E-state index is 5.74. The second-order valence-corrected chi connectivity index (χ2v) is 5.29. The monoisotopic (exact) mass is 286 g/mol. The number of anilines is 2. The van der Waals surface area contributed by atoms with Crippen LogP contribution in [0.25, 0.3) is 0 Å². The zero-order valence-corrected chi connectivity index (χ0v) is 13.0. The van der Waals surface area contributed by atoms with Crippen LogP contribution < -0.4 is 15.4 Å². The molecule has 1 aromatic carbocycles. The van der Waals surface area contributed by atoms with Crippen molar-refractivity contribution in [1.82, 2.24) is 9.97 Å². The van der Waals surface area contributed by atoms with Gasteiger partial charge in [-0.15, -0.1) is 0 Å². The molecule has 112 valence electrons. The number of aromatic nitrogens is 2. The van der Waals surface area contributed by atoms with Gasteiger partial charge < -0.3 is 15.4 Å². The fourth-order valence-electron chi connectivity index (χ4n) is 2.24. The molecule has 5 nitrogen and oxygen atoms in total. The molecule has 0 aliphatic rings. The van der Waals surface area contributed by atoms with Gasteiger partial charge in [-0.2, -0.15) is 0 Å². The molecule has 5 heteroatoms. The molecule has 0 unspecified atom stereocenters. The highest BCUT2D eigenvalue weighted by Crippen LogP contribution is 2.26. The van der Waals surface area contributed by atoms with E-state index in [4.69, 9.17) is 10.5 Å². The minimum Gasteiger partial charge on any atom is -0.481 e.